The van der Waals surface area contributed by atoms with Crippen molar-refractivity contribution in [3.8, 4) is 0 Å². The zero-order chi connectivity index (χ0) is 10.9. The second kappa shape index (κ2) is 4.29. The van der Waals surface area contributed by atoms with Gasteiger partial charge in [0.1, 0.15) is 6.04 Å². The maximum Gasteiger partial charge on any atom is 0.327 e. The predicted octanol–water partition coefficient (Wildman–Crippen LogP) is 1.09. The lowest BCUT2D eigenvalue weighted by molar-refractivity contribution is -0.149. The molecule has 1 aliphatic rings. The molecule has 0 aromatic rings. The van der Waals surface area contributed by atoms with E-state index in [1.54, 1.807) is 13.8 Å². The highest BCUT2D eigenvalue weighted by Gasteiger charge is 2.40. The number of rotatable bonds is 2. The molecule has 0 saturated carbocycles. The first-order chi connectivity index (χ1) is 6.45. The van der Waals surface area contributed by atoms with Gasteiger partial charge < -0.3 is 10.0 Å². The Morgan fingerprint density at radius 1 is 1.50 bits per heavy atom. The molecule has 2 atom stereocenters. The molecule has 1 rings (SSSR count). The molecule has 1 unspecified atom stereocenters. The lowest BCUT2D eigenvalue weighted by atomic mass is 10.1. The van der Waals surface area contributed by atoms with Gasteiger partial charge in [-0.25, -0.2) is 4.79 Å². The molecule has 0 aliphatic carbocycles. The Balaban J connectivity index is 2.79. The third-order valence-corrected chi connectivity index (χ3v) is 3.31. The Kier molecular flexibility index (Phi) is 3.53. The van der Waals surface area contributed by atoms with Gasteiger partial charge in [0.15, 0.2) is 0 Å². The Bertz CT molecular complexity index is 254. The molecular weight excluding hydrogens is 250 g/mol. The topological polar surface area (TPSA) is 57.6 Å². The predicted molar refractivity (Wildman–Crippen MR) is 55.3 cm³/mol. The molecule has 4 nitrogen and oxygen atoms in total. The van der Waals surface area contributed by atoms with Crippen molar-refractivity contribution >= 4 is 27.8 Å². The van der Waals surface area contributed by atoms with Gasteiger partial charge in [0, 0.05) is 17.3 Å². The summed E-state index contributed by atoms with van der Waals surface area (Å²) in [6.45, 7) is 4.09. The van der Waals surface area contributed by atoms with Gasteiger partial charge in [0.2, 0.25) is 5.91 Å². The molecule has 1 amide bonds. The number of nitrogens with zero attached hydrogens (tertiary/aromatic N) is 1. The van der Waals surface area contributed by atoms with Crippen molar-refractivity contribution in [1.82, 2.24) is 4.90 Å². The standard InChI is InChI=1S/C9H14BrNO3/c1-5(2)8(12)11-4-3-6(10)7(11)9(13)14/h5-7H,3-4H2,1-2H3,(H,13,14)/t6?,7-/m1/s1. The molecule has 0 bridgehead atoms. The van der Waals surface area contributed by atoms with Crippen LogP contribution in [0.3, 0.4) is 0 Å². The number of amides is 1. The summed E-state index contributed by atoms with van der Waals surface area (Å²) < 4.78 is 0. The first-order valence-corrected chi connectivity index (χ1v) is 5.54. The van der Waals surface area contributed by atoms with Gasteiger partial charge in [-0.3, -0.25) is 4.79 Å². The normalized spacial score (nSPS) is 27.0. The van der Waals surface area contributed by atoms with Gasteiger partial charge in [-0.2, -0.15) is 0 Å². The summed E-state index contributed by atoms with van der Waals surface area (Å²) in [6, 6.07) is -0.704. The van der Waals surface area contributed by atoms with Gasteiger partial charge in [0.25, 0.3) is 0 Å². The number of aliphatic carboxylic acids is 1. The molecule has 80 valence electrons. The maximum absolute atomic E-state index is 11.6. The molecule has 5 heteroatoms. The highest BCUT2D eigenvalue weighted by Crippen LogP contribution is 2.26. The summed E-state index contributed by atoms with van der Waals surface area (Å²) in [7, 11) is 0. The second-order valence-corrected chi connectivity index (χ2v) is 4.95. The number of carbonyl (C=O) groups excluding carboxylic acids is 1. The van der Waals surface area contributed by atoms with Crippen LogP contribution >= 0.6 is 15.9 Å². The summed E-state index contributed by atoms with van der Waals surface area (Å²) in [6.07, 6.45) is 0.704. The summed E-state index contributed by atoms with van der Waals surface area (Å²) in [5.41, 5.74) is 0. The van der Waals surface area contributed by atoms with Crippen molar-refractivity contribution < 1.29 is 14.7 Å². The molecule has 0 radical (unpaired) electrons. The van der Waals surface area contributed by atoms with Crippen molar-refractivity contribution in [3.05, 3.63) is 0 Å². The Labute approximate surface area is 91.4 Å². The molecule has 1 fully saturated rings. The Morgan fingerprint density at radius 3 is 2.50 bits per heavy atom. The van der Waals surface area contributed by atoms with Crippen LogP contribution in [-0.4, -0.2) is 39.3 Å². The van der Waals surface area contributed by atoms with E-state index in [1.807, 2.05) is 0 Å². The SMILES string of the molecule is CC(C)C(=O)N1CCC(Br)[C@@H]1C(=O)O. The average molecular weight is 264 g/mol. The fourth-order valence-electron chi connectivity index (χ4n) is 1.62. The maximum atomic E-state index is 11.6. The minimum absolute atomic E-state index is 0.0839. The molecule has 0 spiro atoms. The summed E-state index contributed by atoms with van der Waals surface area (Å²) in [5.74, 6) is -1.16. The van der Waals surface area contributed by atoms with E-state index in [2.05, 4.69) is 15.9 Å². The second-order valence-electron chi connectivity index (χ2n) is 3.77. The summed E-state index contributed by atoms with van der Waals surface area (Å²) in [4.78, 5) is 23.9. The first-order valence-electron chi connectivity index (χ1n) is 4.62. The van der Waals surface area contributed by atoms with Gasteiger partial charge in [-0.1, -0.05) is 29.8 Å². The van der Waals surface area contributed by atoms with Crippen LogP contribution in [0.4, 0.5) is 0 Å². The molecule has 14 heavy (non-hydrogen) atoms. The third-order valence-electron chi connectivity index (χ3n) is 2.35. The van der Waals surface area contributed by atoms with E-state index >= 15 is 0 Å². The molecule has 1 saturated heterocycles. The number of halogens is 1. The van der Waals surface area contributed by atoms with E-state index in [0.29, 0.717) is 13.0 Å². The minimum Gasteiger partial charge on any atom is -0.480 e. The zero-order valence-corrected chi connectivity index (χ0v) is 9.82. The largest absolute Gasteiger partial charge is 0.480 e. The van der Waals surface area contributed by atoms with E-state index in [4.69, 9.17) is 5.11 Å². The lowest BCUT2D eigenvalue weighted by Crippen LogP contribution is -2.45. The molecule has 1 heterocycles. The summed E-state index contributed by atoms with van der Waals surface area (Å²) in [5, 5.41) is 8.96. The van der Waals surface area contributed by atoms with Crippen LogP contribution in [0.25, 0.3) is 0 Å². The van der Waals surface area contributed by atoms with Crippen LogP contribution in [0.15, 0.2) is 0 Å². The molecule has 0 aromatic heterocycles. The smallest absolute Gasteiger partial charge is 0.327 e. The van der Waals surface area contributed by atoms with Crippen LogP contribution in [0, 0.1) is 5.92 Å². The van der Waals surface area contributed by atoms with Gasteiger partial charge >= 0.3 is 5.97 Å². The number of likely N-dealkylation sites (tertiary alicyclic amines) is 1. The highest BCUT2D eigenvalue weighted by atomic mass is 79.9. The van der Waals surface area contributed by atoms with Crippen molar-refractivity contribution in [3.63, 3.8) is 0 Å². The van der Waals surface area contributed by atoms with E-state index < -0.39 is 12.0 Å². The molecule has 1 N–H and O–H groups in total. The van der Waals surface area contributed by atoms with E-state index in [-0.39, 0.29) is 16.7 Å². The van der Waals surface area contributed by atoms with Crippen LogP contribution in [0.1, 0.15) is 20.3 Å². The Hall–Kier alpha value is -0.580. The number of carbonyl (C=O) groups is 2. The van der Waals surface area contributed by atoms with Crippen LogP contribution in [0.2, 0.25) is 0 Å². The van der Waals surface area contributed by atoms with Crippen molar-refractivity contribution in [1.29, 1.82) is 0 Å². The van der Waals surface area contributed by atoms with Crippen LogP contribution < -0.4 is 0 Å². The van der Waals surface area contributed by atoms with E-state index in [0.717, 1.165) is 0 Å². The van der Waals surface area contributed by atoms with E-state index in [9.17, 15) is 9.59 Å². The fraction of sp³-hybridized carbons (Fsp3) is 0.778. The fourth-order valence-corrected chi connectivity index (χ4v) is 2.34. The van der Waals surface area contributed by atoms with Crippen molar-refractivity contribution in [2.75, 3.05) is 6.54 Å². The molecular formula is C9H14BrNO3. The number of hydrogen-bond acceptors (Lipinski definition) is 2. The zero-order valence-electron chi connectivity index (χ0n) is 8.24. The summed E-state index contributed by atoms with van der Waals surface area (Å²) >= 11 is 3.29. The highest BCUT2D eigenvalue weighted by molar-refractivity contribution is 9.09. The monoisotopic (exact) mass is 263 g/mol. The van der Waals surface area contributed by atoms with E-state index in [1.165, 1.54) is 4.90 Å². The molecule has 1 aliphatic heterocycles. The Morgan fingerprint density at radius 2 is 2.07 bits per heavy atom. The first kappa shape index (κ1) is 11.5. The van der Waals surface area contributed by atoms with Crippen LogP contribution in [-0.2, 0) is 9.59 Å². The van der Waals surface area contributed by atoms with Gasteiger partial charge in [0.05, 0.1) is 0 Å². The average Bonchev–Trinajstić information content (AvgIpc) is 2.45. The van der Waals surface area contributed by atoms with Crippen LogP contribution in [0.5, 0.6) is 0 Å². The van der Waals surface area contributed by atoms with Gasteiger partial charge in [-0.05, 0) is 6.42 Å². The minimum atomic E-state index is -0.932. The quantitative estimate of drug-likeness (QED) is 0.759. The lowest BCUT2D eigenvalue weighted by Gasteiger charge is -2.24. The third kappa shape index (κ3) is 2.08. The number of hydrogen-bond donors (Lipinski definition) is 1. The van der Waals surface area contributed by atoms with Gasteiger partial charge in [-0.15, -0.1) is 0 Å². The molecule has 0 aromatic carbocycles. The number of carboxylic acid groups (broad SMARTS) is 1. The van der Waals surface area contributed by atoms with Crippen molar-refractivity contribution in [2.45, 2.75) is 31.1 Å². The number of alkyl halides is 1. The number of carboxylic acids is 1. The van der Waals surface area contributed by atoms with Crippen molar-refractivity contribution in [2.24, 2.45) is 5.92 Å².